The third-order valence-electron chi connectivity index (χ3n) is 5.36. The van der Waals surface area contributed by atoms with Gasteiger partial charge in [0.25, 0.3) is 5.91 Å². The Balaban J connectivity index is 1.74. The first-order chi connectivity index (χ1) is 14.4. The van der Waals surface area contributed by atoms with Crippen LogP contribution in [0.25, 0.3) is 0 Å². The van der Waals surface area contributed by atoms with Gasteiger partial charge in [0.1, 0.15) is 5.75 Å². The molecule has 7 heteroatoms. The molecule has 1 unspecified atom stereocenters. The number of nitrogens with zero attached hydrogens (tertiary/aromatic N) is 1. The summed E-state index contributed by atoms with van der Waals surface area (Å²) in [7, 11) is 0. The van der Waals surface area contributed by atoms with Crippen molar-refractivity contribution in [1.82, 2.24) is 5.32 Å². The number of hydrogen-bond donors (Lipinski definition) is 2. The number of anilines is 2. The molecule has 30 heavy (non-hydrogen) atoms. The van der Waals surface area contributed by atoms with Crippen molar-refractivity contribution in [3.05, 3.63) is 53.1 Å². The summed E-state index contributed by atoms with van der Waals surface area (Å²) < 4.78 is 5.95. The molecular formula is C23H28ClN3O3. The maximum absolute atomic E-state index is 12.8. The molecule has 1 aliphatic rings. The number of rotatable bonds is 7. The van der Waals surface area contributed by atoms with E-state index in [1.807, 2.05) is 56.0 Å². The first-order valence-electron chi connectivity index (χ1n) is 10.3. The lowest BCUT2D eigenvalue weighted by molar-refractivity contribution is -0.129. The first-order valence-corrected chi connectivity index (χ1v) is 10.7. The van der Waals surface area contributed by atoms with Crippen LogP contribution in [0.2, 0.25) is 5.02 Å². The van der Waals surface area contributed by atoms with Gasteiger partial charge in [0, 0.05) is 16.8 Å². The van der Waals surface area contributed by atoms with E-state index in [2.05, 4.69) is 10.6 Å². The normalized spacial score (nSPS) is 15.4. The number of para-hydroxylation sites is 2. The molecule has 0 aromatic heterocycles. The van der Waals surface area contributed by atoms with Crippen molar-refractivity contribution < 1.29 is 14.3 Å². The van der Waals surface area contributed by atoms with E-state index < -0.39 is 6.10 Å². The predicted octanol–water partition coefficient (Wildman–Crippen LogP) is 4.16. The maximum atomic E-state index is 12.8. The second-order valence-electron chi connectivity index (χ2n) is 7.44. The van der Waals surface area contributed by atoms with Gasteiger partial charge in [-0.2, -0.15) is 0 Å². The Morgan fingerprint density at radius 1 is 1.17 bits per heavy atom. The summed E-state index contributed by atoms with van der Waals surface area (Å²) in [5.41, 5.74) is 2.29. The second-order valence-corrected chi connectivity index (χ2v) is 7.84. The zero-order valence-corrected chi connectivity index (χ0v) is 18.3. The largest absolute Gasteiger partial charge is 0.477 e. The van der Waals surface area contributed by atoms with Gasteiger partial charge in [-0.05, 0) is 49.6 Å². The van der Waals surface area contributed by atoms with Crippen molar-refractivity contribution in [3.8, 4) is 5.75 Å². The minimum Gasteiger partial charge on any atom is -0.477 e. The highest BCUT2D eigenvalue weighted by Gasteiger charge is 2.32. The standard InChI is InChI=1S/C23H28ClN3O3/c1-4-16(5-2)25-23(29)21-13-27(19-11-6-7-12-20(19)30-21)14-22(28)26-18-10-8-9-17(24)15(18)3/h6-12,16,21H,4-5,13-14H2,1-3H3,(H,25,29)(H,26,28). The molecule has 2 N–H and O–H groups in total. The third kappa shape index (κ3) is 5.05. The van der Waals surface area contributed by atoms with Gasteiger partial charge in [0.05, 0.1) is 18.8 Å². The average molecular weight is 430 g/mol. The monoisotopic (exact) mass is 429 g/mol. The van der Waals surface area contributed by atoms with Gasteiger partial charge >= 0.3 is 0 Å². The van der Waals surface area contributed by atoms with Crippen LogP contribution in [0.4, 0.5) is 11.4 Å². The van der Waals surface area contributed by atoms with Crippen LogP contribution in [0.5, 0.6) is 5.75 Å². The molecule has 0 fully saturated rings. The first kappa shape index (κ1) is 22.0. The van der Waals surface area contributed by atoms with Gasteiger partial charge in [-0.1, -0.05) is 43.6 Å². The lowest BCUT2D eigenvalue weighted by Crippen LogP contribution is -2.52. The number of benzene rings is 2. The van der Waals surface area contributed by atoms with Crippen LogP contribution in [0.3, 0.4) is 0 Å². The smallest absolute Gasteiger partial charge is 0.263 e. The minimum atomic E-state index is -0.679. The lowest BCUT2D eigenvalue weighted by atomic mass is 10.1. The van der Waals surface area contributed by atoms with E-state index in [4.69, 9.17) is 16.3 Å². The predicted molar refractivity (Wildman–Crippen MR) is 120 cm³/mol. The third-order valence-corrected chi connectivity index (χ3v) is 5.77. The number of fused-ring (bicyclic) bond motifs is 1. The van der Waals surface area contributed by atoms with E-state index in [9.17, 15) is 9.59 Å². The number of nitrogens with one attached hydrogen (secondary N) is 2. The molecule has 0 aliphatic carbocycles. The molecule has 2 amide bonds. The van der Waals surface area contributed by atoms with E-state index in [-0.39, 0.29) is 24.4 Å². The number of halogens is 1. The SMILES string of the molecule is CCC(CC)NC(=O)C1CN(CC(=O)Nc2cccc(Cl)c2C)c2ccccc2O1. The highest BCUT2D eigenvalue weighted by Crippen LogP contribution is 2.33. The molecule has 160 valence electrons. The van der Waals surface area contributed by atoms with Crippen LogP contribution in [-0.2, 0) is 9.59 Å². The molecule has 6 nitrogen and oxygen atoms in total. The summed E-state index contributed by atoms with van der Waals surface area (Å²) >= 11 is 6.15. The topological polar surface area (TPSA) is 70.7 Å². The van der Waals surface area contributed by atoms with Crippen LogP contribution < -0.4 is 20.3 Å². The Morgan fingerprint density at radius 3 is 2.63 bits per heavy atom. The van der Waals surface area contributed by atoms with E-state index >= 15 is 0 Å². The molecule has 0 spiro atoms. The van der Waals surface area contributed by atoms with Gasteiger partial charge in [-0.15, -0.1) is 0 Å². The minimum absolute atomic E-state index is 0.0983. The summed E-state index contributed by atoms with van der Waals surface area (Å²) in [4.78, 5) is 27.4. The number of ether oxygens (including phenoxy) is 1. The van der Waals surface area contributed by atoms with Crippen LogP contribution >= 0.6 is 11.6 Å². The highest BCUT2D eigenvalue weighted by molar-refractivity contribution is 6.31. The maximum Gasteiger partial charge on any atom is 0.263 e. The molecule has 2 aromatic rings. The Labute approximate surface area is 182 Å². The molecule has 0 radical (unpaired) electrons. The Bertz CT molecular complexity index is 914. The molecule has 1 atom stereocenters. The van der Waals surface area contributed by atoms with Gasteiger partial charge < -0.3 is 20.3 Å². The molecular weight excluding hydrogens is 402 g/mol. The number of hydrogen-bond acceptors (Lipinski definition) is 4. The molecule has 1 aliphatic heterocycles. The summed E-state index contributed by atoms with van der Waals surface area (Å²) in [6, 6.07) is 13.0. The van der Waals surface area contributed by atoms with Gasteiger partial charge in [-0.25, -0.2) is 0 Å². The molecule has 1 heterocycles. The van der Waals surface area contributed by atoms with Crippen molar-refractivity contribution in [2.45, 2.75) is 45.8 Å². The molecule has 3 rings (SSSR count). The van der Waals surface area contributed by atoms with Crippen molar-refractivity contribution >= 4 is 34.8 Å². The van der Waals surface area contributed by atoms with Crippen LogP contribution in [0.1, 0.15) is 32.3 Å². The van der Waals surface area contributed by atoms with E-state index in [1.165, 1.54) is 0 Å². The van der Waals surface area contributed by atoms with Gasteiger partial charge in [-0.3, -0.25) is 9.59 Å². The number of carbonyl (C=O) groups is 2. The number of amides is 2. The van der Waals surface area contributed by atoms with E-state index in [1.54, 1.807) is 12.1 Å². The van der Waals surface area contributed by atoms with E-state index in [0.29, 0.717) is 23.0 Å². The molecule has 0 saturated heterocycles. The summed E-state index contributed by atoms with van der Waals surface area (Å²) in [5.74, 6) is 0.255. The number of carbonyl (C=O) groups excluding carboxylic acids is 2. The van der Waals surface area contributed by atoms with Crippen molar-refractivity contribution in [2.24, 2.45) is 0 Å². The van der Waals surface area contributed by atoms with Crippen LogP contribution in [0, 0.1) is 6.92 Å². The van der Waals surface area contributed by atoms with Crippen molar-refractivity contribution in [1.29, 1.82) is 0 Å². The fourth-order valence-corrected chi connectivity index (χ4v) is 3.66. The molecule has 0 bridgehead atoms. The summed E-state index contributed by atoms with van der Waals surface area (Å²) in [6.45, 7) is 6.34. The van der Waals surface area contributed by atoms with Gasteiger partial charge in [0.15, 0.2) is 6.10 Å². The zero-order chi connectivity index (χ0) is 21.7. The molecule has 2 aromatic carbocycles. The van der Waals surface area contributed by atoms with Crippen LogP contribution in [0.15, 0.2) is 42.5 Å². The summed E-state index contributed by atoms with van der Waals surface area (Å²) in [6.07, 6.45) is 1.04. The Kier molecular flexibility index (Phi) is 7.21. The average Bonchev–Trinajstić information content (AvgIpc) is 2.75. The zero-order valence-electron chi connectivity index (χ0n) is 17.6. The fourth-order valence-electron chi connectivity index (χ4n) is 3.49. The summed E-state index contributed by atoms with van der Waals surface area (Å²) in [5, 5.41) is 6.56. The Hall–Kier alpha value is -2.73. The Morgan fingerprint density at radius 2 is 1.90 bits per heavy atom. The van der Waals surface area contributed by atoms with Crippen LogP contribution in [-0.4, -0.2) is 37.0 Å². The van der Waals surface area contributed by atoms with Crippen molar-refractivity contribution in [3.63, 3.8) is 0 Å². The lowest BCUT2D eigenvalue weighted by Gasteiger charge is -2.35. The van der Waals surface area contributed by atoms with E-state index in [0.717, 1.165) is 24.1 Å². The molecule has 0 saturated carbocycles. The highest BCUT2D eigenvalue weighted by atomic mass is 35.5. The second kappa shape index (κ2) is 9.85. The fraction of sp³-hybridized carbons (Fsp3) is 0.391. The quantitative estimate of drug-likeness (QED) is 0.693. The van der Waals surface area contributed by atoms with Gasteiger partial charge in [0.2, 0.25) is 5.91 Å². The van der Waals surface area contributed by atoms with Crippen molar-refractivity contribution in [2.75, 3.05) is 23.3 Å².